The van der Waals surface area contributed by atoms with Gasteiger partial charge in [0.25, 0.3) is 0 Å². The van der Waals surface area contributed by atoms with Gasteiger partial charge in [0.15, 0.2) is 0 Å². The number of hydrogen-bond donors (Lipinski definition) is 0. The smallest absolute Gasteiger partial charge is 0.328 e. The molecule has 0 fully saturated rings. The van der Waals surface area contributed by atoms with Gasteiger partial charge in [0.05, 0.1) is 16.6 Å². The maximum atomic E-state index is 12.7. The average molecular weight is 284 g/mol. The van der Waals surface area contributed by atoms with Crippen LogP contribution in [0.25, 0.3) is 11.0 Å². The standard InChI is InChI=1S/C15H19F3N2/c1-3-5-6-7-14-19-12-10-11(15(16,17)18)8-9-13(12)20(14)4-2/h8-10H,3-7H2,1-2H3. The highest BCUT2D eigenvalue weighted by molar-refractivity contribution is 5.77. The van der Waals surface area contributed by atoms with Gasteiger partial charge in [-0.15, -0.1) is 0 Å². The van der Waals surface area contributed by atoms with Crippen LogP contribution in [-0.2, 0) is 19.1 Å². The number of hydrogen-bond acceptors (Lipinski definition) is 1. The summed E-state index contributed by atoms with van der Waals surface area (Å²) in [6.45, 7) is 4.84. The number of imidazole rings is 1. The van der Waals surface area contributed by atoms with Crippen LogP contribution in [0.15, 0.2) is 18.2 Å². The highest BCUT2D eigenvalue weighted by atomic mass is 19.4. The SMILES string of the molecule is CCCCCc1nc2cc(C(F)(F)F)ccc2n1CC. The molecule has 0 atom stereocenters. The summed E-state index contributed by atoms with van der Waals surface area (Å²) in [4.78, 5) is 4.39. The Bertz CT molecular complexity index is 585. The Morgan fingerprint density at radius 3 is 2.50 bits per heavy atom. The summed E-state index contributed by atoms with van der Waals surface area (Å²) >= 11 is 0. The number of fused-ring (bicyclic) bond motifs is 1. The van der Waals surface area contributed by atoms with Crippen molar-refractivity contribution in [3.05, 3.63) is 29.6 Å². The summed E-state index contributed by atoms with van der Waals surface area (Å²) < 4.78 is 40.2. The molecule has 0 aliphatic carbocycles. The molecule has 0 bridgehead atoms. The minimum Gasteiger partial charge on any atom is -0.328 e. The Morgan fingerprint density at radius 1 is 1.15 bits per heavy atom. The third-order valence-electron chi connectivity index (χ3n) is 3.47. The predicted molar refractivity (Wildman–Crippen MR) is 73.6 cm³/mol. The van der Waals surface area contributed by atoms with Gasteiger partial charge < -0.3 is 4.57 Å². The van der Waals surface area contributed by atoms with Crippen LogP contribution in [0.4, 0.5) is 13.2 Å². The number of benzene rings is 1. The van der Waals surface area contributed by atoms with E-state index in [2.05, 4.69) is 11.9 Å². The van der Waals surface area contributed by atoms with Gasteiger partial charge in [-0.05, 0) is 31.5 Å². The minimum atomic E-state index is -4.31. The number of unbranched alkanes of at least 4 members (excludes halogenated alkanes) is 2. The van der Waals surface area contributed by atoms with Crippen LogP contribution in [0.1, 0.15) is 44.5 Å². The highest BCUT2D eigenvalue weighted by Crippen LogP contribution is 2.31. The second kappa shape index (κ2) is 5.85. The van der Waals surface area contributed by atoms with Gasteiger partial charge in [0, 0.05) is 13.0 Å². The van der Waals surface area contributed by atoms with E-state index in [1.165, 1.54) is 6.07 Å². The molecule has 0 radical (unpaired) electrons. The summed E-state index contributed by atoms with van der Waals surface area (Å²) in [6, 6.07) is 3.80. The number of halogens is 3. The predicted octanol–water partition coefficient (Wildman–Crippen LogP) is 4.81. The summed E-state index contributed by atoms with van der Waals surface area (Å²) in [6.07, 6.45) is -0.248. The van der Waals surface area contributed by atoms with Gasteiger partial charge in [0.1, 0.15) is 5.82 Å². The Balaban J connectivity index is 2.39. The van der Waals surface area contributed by atoms with Crippen LogP contribution >= 0.6 is 0 Å². The summed E-state index contributed by atoms with van der Waals surface area (Å²) in [7, 11) is 0. The molecule has 2 rings (SSSR count). The lowest BCUT2D eigenvalue weighted by Crippen LogP contribution is -2.04. The van der Waals surface area contributed by atoms with Crippen molar-refractivity contribution in [2.75, 3.05) is 0 Å². The first-order chi connectivity index (χ1) is 9.47. The van der Waals surface area contributed by atoms with Crippen molar-refractivity contribution in [3.8, 4) is 0 Å². The van der Waals surface area contributed by atoms with Gasteiger partial charge in [-0.3, -0.25) is 0 Å². The molecule has 1 aromatic carbocycles. The third-order valence-corrected chi connectivity index (χ3v) is 3.47. The van der Waals surface area contributed by atoms with Crippen LogP contribution in [0.3, 0.4) is 0 Å². The van der Waals surface area contributed by atoms with E-state index in [9.17, 15) is 13.2 Å². The molecule has 110 valence electrons. The Labute approximate surface area is 116 Å². The van der Waals surface area contributed by atoms with E-state index in [-0.39, 0.29) is 0 Å². The molecule has 0 saturated heterocycles. The van der Waals surface area contributed by atoms with Gasteiger partial charge in [0.2, 0.25) is 0 Å². The molecule has 0 unspecified atom stereocenters. The molecule has 2 aromatic rings. The molecule has 1 aromatic heterocycles. The molecule has 0 aliphatic rings. The van der Waals surface area contributed by atoms with E-state index in [4.69, 9.17) is 0 Å². The molecular weight excluding hydrogens is 265 g/mol. The molecule has 2 nitrogen and oxygen atoms in total. The molecule has 20 heavy (non-hydrogen) atoms. The zero-order chi connectivity index (χ0) is 14.8. The van der Waals surface area contributed by atoms with E-state index < -0.39 is 11.7 Å². The second-order valence-electron chi connectivity index (χ2n) is 4.93. The monoisotopic (exact) mass is 284 g/mol. The average Bonchev–Trinajstić information content (AvgIpc) is 2.74. The first kappa shape index (κ1) is 14.9. The van der Waals surface area contributed by atoms with Crippen molar-refractivity contribution in [1.82, 2.24) is 9.55 Å². The number of rotatable bonds is 5. The number of aryl methyl sites for hydroxylation is 2. The number of nitrogens with zero attached hydrogens (tertiary/aromatic N) is 2. The molecule has 1 heterocycles. The first-order valence-electron chi connectivity index (χ1n) is 7.03. The van der Waals surface area contributed by atoms with Crippen LogP contribution in [0.2, 0.25) is 0 Å². The van der Waals surface area contributed by atoms with E-state index in [0.717, 1.165) is 55.7 Å². The van der Waals surface area contributed by atoms with Gasteiger partial charge >= 0.3 is 6.18 Å². The Hall–Kier alpha value is -1.52. The van der Waals surface area contributed by atoms with Gasteiger partial charge in [-0.1, -0.05) is 19.8 Å². The highest BCUT2D eigenvalue weighted by Gasteiger charge is 2.31. The van der Waals surface area contributed by atoms with Gasteiger partial charge in [-0.25, -0.2) is 4.98 Å². The molecule has 0 spiro atoms. The molecule has 0 N–H and O–H groups in total. The van der Waals surface area contributed by atoms with Crippen molar-refractivity contribution >= 4 is 11.0 Å². The van der Waals surface area contributed by atoms with Crippen LogP contribution in [-0.4, -0.2) is 9.55 Å². The topological polar surface area (TPSA) is 17.8 Å². The van der Waals surface area contributed by atoms with Gasteiger partial charge in [-0.2, -0.15) is 13.2 Å². The minimum absolute atomic E-state index is 0.438. The Kier molecular flexibility index (Phi) is 4.35. The Morgan fingerprint density at radius 2 is 1.90 bits per heavy atom. The fourth-order valence-corrected chi connectivity index (χ4v) is 2.43. The summed E-state index contributed by atoms with van der Waals surface area (Å²) in [5, 5.41) is 0. The van der Waals surface area contributed by atoms with E-state index in [1.807, 2.05) is 11.5 Å². The van der Waals surface area contributed by atoms with Crippen molar-refractivity contribution in [2.45, 2.75) is 52.3 Å². The van der Waals surface area contributed by atoms with Crippen molar-refractivity contribution in [3.63, 3.8) is 0 Å². The maximum Gasteiger partial charge on any atom is 0.416 e. The van der Waals surface area contributed by atoms with E-state index in [1.54, 1.807) is 0 Å². The van der Waals surface area contributed by atoms with Crippen LogP contribution in [0.5, 0.6) is 0 Å². The molecule has 5 heteroatoms. The quantitative estimate of drug-likeness (QED) is 0.721. The fourth-order valence-electron chi connectivity index (χ4n) is 2.43. The lowest BCUT2D eigenvalue weighted by atomic mass is 10.2. The number of aromatic nitrogens is 2. The summed E-state index contributed by atoms with van der Waals surface area (Å²) in [5.74, 6) is 0.885. The molecular formula is C15H19F3N2. The van der Waals surface area contributed by atoms with Crippen LogP contribution in [0, 0.1) is 0 Å². The fraction of sp³-hybridized carbons (Fsp3) is 0.533. The third kappa shape index (κ3) is 2.97. The van der Waals surface area contributed by atoms with E-state index in [0.29, 0.717) is 5.52 Å². The normalized spacial score (nSPS) is 12.2. The molecule has 0 aliphatic heterocycles. The van der Waals surface area contributed by atoms with Crippen molar-refractivity contribution in [2.24, 2.45) is 0 Å². The first-order valence-corrected chi connectivity index (χ1v) is 7.03. The summed E-state index contributed by atoms with van der Waals surface area (Å²) in [5.41, 5.74) is 0.589. The number of alkyl halides is 3. The maximum absolute atomic E-state index is 12.7. The lowest BCUT2D eigenvalue weighted by Gasteiger charge is -2.07. The lowest BCUT2D eigenvalue weighted by molar-refractivity contribution is -0.137. The van der Waals surface area contributed by atoms with Crippen molar-refractivity contribution < 1.29 is 13.2 Å². The zero-order valence-corrected chi connectivity index (χ0v) is 11.8. The van der Waals surface area contributed by atoms with E-state index >= 15 is 0 Å². The van der Waals surface area contributed by atoms with Crippen LogP contribution < -0.4 is 0 Å². The van der Waals surface area contributed by atoms with Crippen molar-refractivity contribution in [1.29, 1.82) is 0 Å². The second-order valence-corrected chi connectivity index (χ2v) is 4.93. The molecule has 0 saturated carbocycles. The molecule has 0 amide bonds. The largest absolute Gasteiger partial charge is 0.416 e. The zero-order valence-electron chi connectivity index (χ0n) is 11.8.